The summed E-state index contributed by atoms with van der Waals surface area (Å²) in [6.45, 7) is 2.72. The highest BCUT2D eigenvalue weighted by molar-refractivity contribution is 7.92. The number of sulfonamides is 1. The number of rotatable bonds is 5. The number of para-hydroxylation sites is 1. The molecule has 7 nitrogen and oxygen atoms in total. The zero-order valence-corrected chi connectivity index (χ0v) is 17.6. The van der Waals surface area contributed by atoms with Crippen molar-refractivity contribution >= 4 is 21.6 Å². The predicted molar refractivity (Wildman–Crippen MR) is 116 cm³/mol. The number of hydrogen-bond acceptors (Lipinski definition) is 4. The number of aromatic nitrogens is 2. The van der Waals surface area contributed by atoms with Crippen molar-refractivity contribution in [3.63, 3.8) is 0 Å². The molecule has 1 aromatic heterocycles. The minimum absolute atomic E-state index is 0.147. The average Bonchev–Trinajstić information content (AvgIpc) is 3.17. The summed E-state index contributed by atoms with van der Waals surface area (Å²) in [5.41, 5.74) is 2.89. The molecular weight excluding hydrogens is 400 g/mol. The monoisotopic (exact) mass is 424 g/mol. The zero-order valence-electron chi connectivity index (χ0n) is 16.8. The molecule has 0 unspecified atom stereocenters. The molecule has 0 atom stereocenters. The van der Waals surface area contributed by atoms with Gasteiger partial charge in [-0.05, 0) is 49.6 Å². The van der Waals surface area contributed by atoms with Crippen LogP contribution < -0.4 is 9.62 Å². The Balaban J connectivity index is 1.52. The Morgan fingerprint density at radius 1 is 1.13 bits per heavy atom. The van der Waals surface area contributed by atoms with Gasteiger partial charge in [-0.15, -0.1) is 0 Å². The first-order chi connectivity index (χ1) is 14.5. The Morgan fingerprint density at radius 2 is 1.97 bits per heavy atom. The molecule has 0 saturated carbocycles. The van der Waals surface area contributed by atoms with Crippen molar-refractivity contribution in [3.8, 4) is 5.69 Å². The van der Waals surface area contributed by atoms with Crippen LogP contribution in [0.15, 0.2) is 60.9 Å². The van der Waals surface area contributed by atoms with Gasteiger partial charge >= 0.3 is 0 Å². The number of carbonyl (C=O) groups is 1. The van der Waals surface area contributed by atoms with Crippen LogP contribution in [0.2, 0.25) is 0 Å². The lowest BCUT2D eigenvalue weighted by molar-refractivity contribution is 0.0951. The number of hydrogen-bond donors (Lipinski definition) is 1. The van der Waals surface area contributed by atoms with Gasteiger partial charge in [-0.3, -0.25) is 9.10 Å². The largest absolute Gasteiger partial charge is 0.348 e. The van der Waals surface area contributed by atoms with E-state index in [1.807, 2.05) is 42.0 Å². The summed E-state index contributed by atoms with van der Waals surface area (Å²) in [7, 11) is -3.32. The van der Waals surface area contributed by atoms with Gasteiger partial charge in [0.05, 0.1) is 17.1 Å². The number of aryl methyl sites for hydroxylation is 1. The molecular formula is C22H24N4O3S. The van der Waals surface area contributed by atoms with E-state index < -0.39 is 10.0 Å². The molecule has 0 aliphatic carbocycles. The first-order valence-corrected chi connectivity index (χ1v) is 11.5. The van der Waals surface area contributed by atoms with Gasteiger partial charge in [0.2, 0.25) is 10.0 Å². The fraction of sp³-hybridized carbons (Fsp3) is 0.273. The van der Waals surface area contributed by atoms with Gasteiger partial charge < -0.3 is 9.88 Å². The molecule has 0 radical (unpaired) electrons. The standard InChI is InChI=1S/C22H24N4O3S/c1-17-23-11-13-25(17)21-10-3-2-7-19(21)16-24-22(27)18-8-6-9-20(15-18)26-12-4-5-14-30(26,28)29/h2-3,6-11,13,15H,4-5,12,14,16H2,1H3,(H,24,27). The Hall–Kier alpha value is -3.13. The Kier molecular flexibility index (Phi) is 5.59. The summed E-state index contributed by atoms with van der Waals surface area (Å²) in [5.74, 6) is 0.765. The van der Waals surface area contributed by atoms with Crippen LogP contribution >= 0.6 is 0 Å². The van der Waals surface area contributed by atoms with E-state index in [9.17, 15) is 13.2 Å². The van der Waals surface area contributed by atoms with Crippen LogP contribution in [0.4, 0.5) is 5.69 Å². The molecule has 2 aromatic carbocycles. The van der Waals surface area contributed by atoms with E-state index >= 15 is 0 Å². The fourth-order valence-corrected chi connectivity index (χ4v) is 5.32. The highest BCUT2D eigenvalue weighted by Crippen LogP contribution is 2.24. The lowest BCUT2D eigenvalue weighted by Crippen LogP contribution is -2.38. The van der Waals surface area contributed by atoms with Gasteiger partial charge in [-0.25, -0.2) is 13.4 Å². The van der Waals surface area contributed by atoms with Crippen molar-refractivity contribution in [2.45, 2.75) is 26.3 Å². The van der Waals surface area contributed by atoms with Gasteiger partial charge in [-0.1, -0.05) is 24.3 Å². The quantitative estimate of drug-likeness (QED) is 0.682. The minimum atomic E-state index is -3.32. The summed E-state index contributed by atoms with van der Waals surface area (Å²) in [6, 6.07) is 14.6. The van der Waals surface area contributed by atoms with E-state index in [2.05, 4.69) is 10.3 Å². The number of nitrogens with one attached hydrogen (secondary N) is 1. The Bertz CT molecular complexity index is 1170. The molecule has 1 saturated heterocycles. The maximum Gasteiger partial charge on any atom is 0.251 e. The second-order valence-corrected chi connectivity index (χ2v) is 9.31. The van der Waals surface area contributed by atoms with E-state index in [1.54, 1.807) is 30.5 Å². The van der Waals surface area contributed by atoms with Crippen LogP contribution in [0, 0.1) is 6.92 Å². The molecule has 1 aliphatic heterocycles. The van der Waals surface area contributed by atoms with E-state index in [0.29, 0.717) is 30.8 Å². The van der Waals surface area contributed by atoms with E-state index in [4.69, 9.17) is 0 Å². The van der Waals surface area contributed by atoms with Gasteiger partial charge in [-0.2, -0.15) is 0 Å². The molecule has 1 fully saturated rings. The molecule has 30 heavy (non-hydrogen) atoms. The molecule has 1 amide bonds. The van der Waals surface area contributed by atoms with Crippen LogP contribution in [0.5, 0.6) is 0 Å². The highest BCUT2D eigenvalue weighted by Gasteiger charge is 2.26. The smallest absolute Gasteiger partial charge is 0.251 e. The van der Waals surface area contributed by atoms with Crippen molar-refractivity contribution in [2.75, 3.05) is 16.6 Å². The molecule has 2 heterocycles. The van der Waals surface area contributed by atoms with Crippen LogP contribution in [0.1, 0.15) is 34.6 Å². The second-order valence-electron chi connectivity index (χ2n) is 7.30. The number of imidazole rings is 1. The van der Waals surface area contributed by atoms with Gasteiger partial charge in [0, 0.05) is 31.0 Å². The number of amides is 1. The molecule has 1 N–H and O–H groups in total. The number of anilines is 1. The predicted octanol–water partition coefficient (Wildman–Crippen LogP) is 3.04. The lowest BCUT2D eigenvalue weighted by atomic mass is 10.1. The average molecular weight is 425 g/mol. The lowest BCUT2D eigenvalue weighted by Gasteiger charge is -2.28. The summed E-state index contributed by atoms with van der Waals surface area (Å²) in [5, 5.41) is 2.95. The molecule has 156 valence electrons. The van der Waals surface area contributed by atoms with Crippen molar-refractivity contribution in [2.24, 2.45) is 0 Å². The highest BCUT2D eigenvalue weighted by atomic mass is 32.2. The van der Waals surface area contributed by atoms with Crippen LogP contribution in [0.3, 0.4) is 0 Å². The van der Waals surface area contributed by atoms with Gasteiger partial charge in [0.1, 0.15) is 5.82 Å². The maximum absolute atomic E-state index is 12.8. The minimum Gasteiger partial charge on any atom is -0.348 e. The summed E-state index contributed by atoms with van der Waals surface area (Å²) in [4.78, 5) is 17.0. The molecule has 1 aliphatic rings. The summed E-state index contributed by atoms with van der Waals surface area (Å²) >= 11 is 0. The third-order valence-corrected chi connectivity index (χ3v) is 7.13. The third-order valence-electron chi connectivity index (χ3n) is 5.26. The summed E-state index contributed by atoms with van der Waals surface area (Å²) in [6.07, 6.45) is 5.12. The van der Waals surface area contributed by atoms with Crippen LogP contribution in [-0.2, 0) is 16.6 Å². The van der Waals surface area contributed by atoms with Gasteiger partial charge in [0.15, 0.2) is 0 Å². The summed E-state index contributed by atoms with van der Waals surface area (Å²) < 4.78 is 28.1. The molecule has 0 spiro atoms. The van der Waals surface area contributed by atoms with E-state index in [-0.39, 0.29) is 11.7 Å². The SMILES string of the molecule is Cc1nccn1-c1ccccc1CNC(=O)c1cccc(N2CCCCS2(=O)=O)c1. The number of carbonyl (C=O) groups excluding carboxylic acids is 1. The number of nitrogens with zero attached hydrogens (tertiary/aromatic N) is 3. The fourth-order valence-electron chi connectivity index (χ4n) is 3.69. The third kappa shape index (κ3) is 4.09. The molecule has 3 aromatic rings. The number of benzene rings is 2. The van der Waals surface area contributed by atoms with Crippen molar-refractivity contribution in [1.82, 2.24) is 14.9 Å². The normalized spacial score (nSPS) is 15.7. The van der Waals surface area contributed by atoms with Crippen LogP contribution in [0.25, 0.3) is 5.69 Å². The van der Waals surface area contributed by atoms with Crippen molar-refractivity contribution in [1.29, 1.82) is 0 Å². The molecule has 8 heteroatoms. The van der Waals surface area contributed by atoms with E-state index in [0.717, 1.165) is 23.5 Å². The van der Waals surface area contributed by atoms with Crippen LogP contribution in [-0.4, -0.2) is 36.2 Å². The molecule has 0 bridgehead atoms. The Labute approximate surface area is 176 Å². The van der Waals surface area contributed by atoms with E-state index in [1.165, 1.54) is 4.31 Å². The second kappa shape index (κ2) is 8.31. The Morgan fingerprint density at radius 3 is 2.73 bits per heavy atom. The molecule has 4 rings (SSSR count). The topological polar surface area (TPSA) is 84.3 Å². The zero-order chi connectivity index (χ0) is 21.1. The first-order valence-electron chi connectivity index (χ1n) is 9.92. The maximum atomic E-state index is 12.8. The van der Waals surface area contributed by atoms with Crippen molar-refractivity contribution in [3.05, 3.63) is 77.9 Å². The van der Waals surface area contributed by atoms with Gasteiger partial charge in [0.25, 0.3) is 5.91 Å². The first kappa shape index (κ1) is 20.2. The van der Waals surface area contributed by atoms with Crippen molar-refractivity contribution < 1.29 is 13.2 Å².